The highest BCUT2D eigenvalue weighted by molar-refractivity contribution is 6.21. The molecule has 1 N–H and O–H groups in total. The first kappa shape index (κ1) is 17.4. The maximum absolute atomic E-state index is 12.8. The number of quaternary nitrogens is 1. The minimum atomic E-state index is -0.350. The van der Waals surface area contributed by atoms with E-state index >= 15 is 0 Å². The third-order valence-corrected chi connectivity index (χ3v) is 4.80. The van der Waals surface area contributed by atoms with E-state index in [1.807, 2.05) is 6.92 Å². The van der Waals surface area contributed by atoms with Crippen LogP contribution in [0.25, 0.3) is 0 Å². The molecule has 3 amide bonds. The summed E-state index contributed by atoms with van der Waals surface area (Å²) in [5.41, 5.74) is 0.590. The van der Waals surface area contributed by atoms with E-state index in [0.29, 0.717) is 38.5 Å². The van der Waals surface area contributed by atoms with Gasteiger partial charge in [-0.25, -0.2) is 4.90 Å². The molecule has 1 aromatic carbocycles. The maximum Gasteiger partial charge on any atom is 0.292 e. The van der Waals surface area contributed by atoms with Crippen LogP contribution < -0.4 is 14.5 Å². The number of carbonyl (C=O) groups is 3. The number of carbonyl (C=O) groups excluding carboxylic acids is 3. The van der Waals surface area contributed by atoms with E-state index in [9.17, 15) is 14.4 Å². The lowest BCUT2D eigenvalue weighted by atomic mass is 10.2. The summed E-state index contributed by atoms with van der Waals surface area (Å²) in [7, 11) is 0. The number of rotatable bonds is 6. The standard InChI is InChI=1S/C18H23N3O4/c1-2-11-25-15-5-3-14(4-6-15)21-17(23)12-16(18(21)24)20-9-7-19(13-22)8-10-20/h3-6,13,16H,2,7-12H2,1H3/p+1. The molecule has 0 radical (unpaired) electrons. The molecule has 7 nitrogen and oxygen atoms in total. The predicted octanol–water partition coefficient (Wildman–Crippen LogP) is -0.536. The SMILES string of the molecule is CCCOc1ccc(N2C(=O)CC([NH+]3CCN(C=O)CC3)C2=O)cc1. The quantitative estimate of drug-likeness (QED) is 0.555. The number of nitrogens with zero attached hydrogens (tertiary/aromatic N) is 2. The Morgan fingerprint density at radius 2 is 1.88 bits per heavy atom. The van der Waals surface area contributed by atoms with Gasteiger partial charge in [0.25, 0.3) is 5.91 Å². The topological polar surface area (TPSA) is 71.4 Å². The lowest BCUT2D eigenvalue weighted by Gasteiger charge is -2.32. The highest BCUT2D eigenvalue weighted by atomic mass is 16.5. The number of benzene rings is 1. The Kier molecular flexibility index (Phi) is 5.33. The number of hydrogen-bond acceptors (Lipinski definition) is 4. The summed E-state index contributed by atoms with van der Waals surface area (Å²) in [6, 6.07) is 6.73. The molecule has 0 aromatic heterocycles. The van der Waals surface area contributed by atoms with E-state index in [-0.39, 0.29) is 24.3 Å². The van der Waals surface area contributed by atoms with Gasteiger partial charge in [0, 0.05) is 0 Å². The number of ether oxygens (including phenoxy) is 1. The molecule has 1 unspecified atom stereocenters. The minimum Gasteiger partial charge on any atom is -0.494 e. The Hall–Kier alpha value is -2.41. The van der Waals surface area contributed by atoms with Gasteiger partial charge < -0.3 is 14.5 Å². The van der Waals surface area contributed by atoms with Crippen LogP contribution in [0, 0.1) is 0 Å². The molecule has 0 bridgehead atoms. The molecule has 2 saturated heterocycles. The molecule has 3 rings (SSSR count). The molecular weight excluding hydrogens is 322 g/mol. The summed E-state index contributed by atoms with van der Waals surface area (Å²) in [6.45, 7) is 5.31. The lowest BCUT2D eigenvalue weighted by molar-refractivity contribution is -0.918. The van der Waals surface area contributed by atoms with Crippen molar-refractivity contribution in [1.82, 2.24) is 4.90 Å². The predicted molar refractivity (Wildman–Crippen MR) is 91.5 cm³/mol. The van der Waals surface area contributed by atoms with Gasteiger partial charge in [0.15, 0.2) is 6.04 Å². The Morgan fingerprint density at radius 1 is 1.20 bits per heavy atom. The Morgan fingerprint density at radius 3 is 2.48 bits per heavy atom. The van der Waals surface area contributed by atoms with Gasteiger partial charge in [0.05, 0.1) is 44.9 Å². The highest BCUT2D eigenvalue weighted by Gasteiger charge is 2.46. The Labute approximate surface area is 147 Å². The summed E-state index contributed by atoms with van der Waals surface area (Å²) >= 11 is 0. The van der Waals surface area contributed by atoms with Crippen molar-refractivity contribution >= 4 is 23.9 Å². The molecule has 2 heterocycles. The van der Waals surface area contributed by atoms with Crippen molar-refractivity contribution in [3.05, 3.63) is 24.3 Å². The monoisotopic (exact) mass is 346 g/mol. The van der Waals surface area contributed by atoms with Gasteiger partial charge in [0.1, 0.15) is 5.75 Å². The first-order chi connectivity index (χ1) is 12.1. The highest BCUT2D eigenvalue weighted by Crippen LogP contribution is 2.24. The molecule has 0 spiro atoms. The molecule has 2 aliphatic heterocycles. The Balaban J connectivity index is 1.68. The van der Waals surface area contributed by atoms with E-state index < -0.39 is 0 Å². The van der Waals surface area contributed by atoms with Gasteiger partial charge in [-0.3, -0.25) is 14.4 Å². The van der Waals surface area contributed by atoms with Crippen molar-refractivity contribution in [2.45, 2.75) is 25.8 Å². The summed E-state index contributed by atoms with van der Waals surface area (Å²) < 4.78 is 5.54. The smallest absolute Gasteiger partial charge is 0.292 e. The number of amides is 3. The second-order valence-electron chi connectivity index (χ2n) is 6.47. The number of piperazine rings is 1. The molecule has 0 aliphatic carbocycles. The molecule has 7 heteroatoms. The molecular formula is C18H24N3O4+. The van der Waals surface area contributed by atoms with Crippen LogP contribution in [-0.2, 0) is 14.4 Å². The minimum absolute atomic E-state index is 0.151. The molecule has 0 saturated carbocycles. The number of anilines is 1. The number of hydrogen-bond donors (Lipinski definition) is 1. The lowest BCUT2D eigenvalue weighted by Crippen LogP contribution is -3.19. The van der Waals surface area contributed by atoms with Crippen LogP contribution in [0.4, 0.5) is 5.69 Å². The van der Waals surface area contributed by atoms with E-state index in [4.69, 9.17) is 4.74 Å². The largest absolute Gasteiger partial charge is 0.494 e. The van der Waals surface area contributed by atoms with E-state index in [2.05, 4.69) is 0 Å². The maximum atomic E-state index is 12.8. The van der Waals surface area contributed by atoms with Gasteiger partial charge in [-0.2, -0.15) is 0 Å². The van der Waals surface area contributed by atoms with Crippen LogP contribution in [-0.4, -0.2) is 62.0 Å². The fourth-order valence-corrected chi connectivity index (χ4v) is 3.40. The molecule has 2 aliphatic rings. The van der Waals surface area contributed by atoms with E-state index in [1.54, 1.807) is 29.2 Å². The van der Waals surface area contributed by atoms with Crippen LogP contribution in [0.3, 0.4) is 0 Å². The third-order valence-electron chi connectivity index (χ3n) is 4.80. The average molecular weight is 346 g/mol. The van der Waals surface area contributed by atoms with Crippen LogP contribution >= 0.6 is 0 Å². The fourth-order valence-electron chi connectivity index (χ4n) is 3.40. The van der Waals surface area contributed by atoms with Crippen LogP contribution in [0.15, 0.2) is 24.3 Å². The Bertz CT molecular complexity index is 638. The second kappa shape index (κ2) is 7.65. The van der Waals surface area contributed by atoms with Crippen LogP contribution in [0.2, 0.25) is 0 Å². The van der Waals surface area contributed by atoms with Crippen molar-refractivity contribution in [2.24, 2.45) is 0 Å². The van der Waals surface area contributed by atoms with Gasteiger partial charge in [-0.15, -0.1) is 0 Å². The zero-order valence-corrected chi connectivity index (χ0v) is 14.4. The molecule has 134 valence electrons. The van der Waals surface area contributed by atoms with Gasteiger partial charge in [-0.05, 0) is 30.7 Å². The summed E-state index contributed by atoms with van der Waals surface area (Å²) in [4.78, 5) is 40.1. The van der Waals surface area contributed by atoms with E-state index in [1.165, 1.54) is 4.90 Å². The normalized spacial score (nSPS) is 21.7. The van der Waals surface area contributed by atoms with Crippen molar-refractivity contribution in [3.63, 3.8) is 0 Å². The van der Waals surface area contributed by atoms with Crippen molar-refractivity contribution in [1.29, 1.82) is 0 Å². The molecule has 2 fully saturated rings. The molecule has 1 atom stereocenters. The zero-order valence-electron chi connectivity index (χ0n) is 14.4. The first-order valence-electron chi connectivity index (χ1n) is 8.77. The zero-order chi connectivity index (χ0) is 17.8. The molecule has 25 heavy (non-hydrogen) atoms. The average Bonchev–Trinajstić information content (AvgIpc) is 2.95. The van der Waals surface area contributed by atoms with Gasteiger partial charge in [-0.1, -0.05) is 6.92 Å². The summed E-state index contributed by atoms with van der Waals surface area (Å²) in [5, 5.41) is 0. The number of imide groups is 1. The van der Waals surface area contributed by atoms with Crippen molar-refractivity contribution in [2.75, 3.05) is 37.7 Å². The van der Waals surface area contributed by atoms with Crippen molar-refractivity contribution < 1.29 is 24.0 Å². The van der Waals surface area contributed by atoms with Crippen LogP contribution in [0.5, 0.6) is 5.75 Å². The van der Waals surface area contributed by atoms with E-state index in [0.717, 1.165) is 23.5 Å². The molecule has 1 aromatic rings. The van der Waals surface area contributed by atoms with Gasteiger partial charge in [0.2, 0.25) is 12.3 Å². The second-order valence-corrected chi connectivity index (χ2v) is 6.47. The van der Waals surface area contributed by atoms with Gasteiger partial charge >= 0.3 is 0 Å². The number of nitrogens with one attached hydrogen (secondary N) is 1. The summed E-state index contributed by atoms with van der Waals surface area (Å²) in [5.74, 6) is 0.418. The first-order valence-corrected chi connectivity index (χ1v) is 8.77. The fraction of sp³-hybridized carbons (Fsp3) is 0.500. The summed E-state index contributed by atoms with van der Waals surface area (Å²) in [6.07, 6.45) is 1.99. The third kappa shape index (κ3) is 3.66. The van der Waals surface area contributed by atoms with Crippen LogP contribution in [0.1, 0.15) is 19.8 Å². The van der Waals surface area contributed by atoms with Crippen molar-refractivity contribution in [3.8, 4) is 5.75 Å².